The molecule has 2 aromatic heterocycles. The Hall–Kier alpha value is -2.95. The minimum absolute atomic E-state index is 0.512. The molecule has 5 rings (SSSR count). The van der Waals surface area contributed by atoms with Gasteiger partial charge < -0.3 is 4.90 Å². The normalized spacial score (nSPS) is 14.2. The van der Waals surface area contributed by atoms with Gasteiger partial charge in [-0.15, -0.1) is 10.2 Å². The fourth-order valence-electron chi connectivity index (χ4n) is 3.54. The van der Waals surface area contributed by atoms with Gasteiger partial charge in [0.25, 0.3) is 0 Å². The van der Waals surface area contributed by atoms with Crippen LogP contribution >= 0.6 is 0 Å². The monoisotopic (exact) mass is 343 g/mol. The summed E-state index contributed by atoms with van der Waals surface area (Å²) in [5.41, 5.74) is 4.35. The first kappa shape index (κ1) is 15.3. The third-order valence-electron chi connectivity index (χ3n) is 5.05. The van der Waals surface area contributed by atoms with Crippen LogP contribution < -0.4 is 4.90 Å². The highest BCUT2D eigenvalue weighted by molar-refractivity contribution is 5.93. The SMILES string of the molecule is Cc1ccc2nc(N(C)Cc3ccccc3)n3c(C4CC4)nnc3c2c1. The molecule has 0 unspecified atom stereocenters. The maximum atomic E-state index is 4.99. The number of rotatable bonds is 4. The van der Waals surface area contributed by atoms with Gasteiger partial charge in [-0.3, -0.25) is 0 Å². The van der Waals surface area contributed by atoms with E-state index in [2.05, 4.69) is 75.9 Å². The summed E-state index contributed by atoms with van der Waals surface area (Å²) in [7, 11) is 2.09. The lowest BCUT2D eigenvalue weighted by molar-refractivity contribution is 0.820. The minimum Gasteiger partial charge on any atom is -0.341 e. The third kappa shape index (κ3) is 2.51. The van der Waals surface area contributed by atoms with Crippen LogP contribution in [0.3, 0.4) is 0 Å². The van der Waals surface area contributed by atoms with Crippen LogP contribution in [-0.2, 0) is 6.54 Å². The lowest BCUT2D eigenvalue weighted by Crippen LogP contribution is -2.21. The van der Waals surface area contributed by atoms with Crippen molar-refractivity contribution in [3.8, 4) is 0 Å². The van der Waals surface area contributed by atoms with Crippen molar-refractivity contribution in [1.29, 1.82) is 0 Å². The second-order valence-electron chi connectivity index (χ2n) is 7.27. The summed E-state index contributed by atoms with van der Waals surface area (Å²) in [6, 6.07) is 16.8. The average Bonchev–Trinajstić information content (AvgIpc) is 3.40. The summed E-state index contributed by atoms with van der Waals surface area (Å²) in [4.78, 5) is 7.18. The zero-order valence-corrected chi connectivity index (χ0v) is 15.1. The Morgan fingerprint density at radius 1 is 1.08 bits per heavy atom. The van der Waals surface area contributed by atoms with Gasteiger partial charge in [-0.05, 0) is 37.5 Å². The van der Waals surface area contributed by atoms with Crippen LogP contribution in [0.1, 0.15) is 35.7 Å². The molecule has 26 heavy (non-hydrogen) atoms. The Bertz CT molecular complexity index is 1100. The quantitative estimate of drug-likeness (QED) is 0.560. The standard InChI is InChI=1S/C21H21N5/c1-14-8-11-18-17(12-14)20-24-23-19(16-9-10-16)26(20)21(22-18)25(2)13-15-6-4-3-5-7-15/h3-8,11-12,16H,9-10,13H2,1-2H3. The van der Waals surface area contributed by atoms with Crippen LogP contribution in [0.15, 0.2) is 48.5 Å². The molecule has 0 radical (unpaired) electrons. The highest BCUT2D eigenvalue weighted by Crippen LogP contribution is 2.40. The van der Waals surface area contributed by atoms with Gasteiger partial charge >= 0.3 is 0 Å². The summed E-state index contributed by atoms with van der Waals surface area (Å²) in [6.07, 6.45) is 2.38. The van der Waals surface area contributed by atoms with E-state index in [0.29, 0.717) is 5.92 Å². The van der Waals surface area contributed by atoms with Crippen molar-refractivity contribution in [2.24, 2.45) is 0 Å². The molecule has 1 saturated carbocycles. The zero-order chi connectivity index (χ0) is 17.7. The van der Waals surface area contributed by atoms with Crippen LogP contribution in [0, 0.1) is 6.92 Å². The smallest absolute Gasteiger partial charge is 0.213 e. The topological polar surface area (TPSA) is 46.3 Å². The average molecular weight is 343 g/mol. The lowest BCUT2D eigenvalue weighted by Gasteiger charge is -2.21. The molecule has 0 bridgehead atoms. The zero-order valence-electron chi connectivity index (χ0n) is 15.1. The van der Waals surface area contributed by atoms with Crippen molar-refractivity contribution >= 4 is 22.5 Å². The Balaban J connectivity index is 1.71. The molecule has 0 N–H and O–H groups in total. The maximum absolute atomic E-state index is 4.99. The molecule has 4 aromatic rings. The van der Waals surface area contributed by atoms with E-state index in [4.69, 9.17) is 4.98 Å². The van der Waals surface area contributed by atoms with Crippen LogP contribution in [0.25, 0.3) is 16.6 Å². The first-order valence-electron chi connectivity index (χ1n) is 9.11. The van der Waals surface area contributed by atoms with E-state index >= 15 is 0 Å². The number of aromatic nitrogens is 4. The van der Waals surface area contributed by atoms with Gasteiger partial charge in [-0.2, -0.15) is 0 Å². The fraction of sp³-hybridized carbons (Fsp3) is 0.286. The largest absolute Gasteiger partial charge is 0.341 e. The number of hydrogen-bond donors (Lipinski definition) is 0. The van der Waals surface area contributed by atoms with Gasteiger partial charge in [0, 0.05) is 24.9 Å². The molecule has 0 aliphatic heterocycles. The van der Waals surface area contributed by atoms with E-state index in [1.54, 1.807) is 0 Å². The Kier molecular flexibility index (Phi) is 3.42. The van der Waals surface area contributed by atoms with E-state index in [0.717, 1.165) is 34.9 Å². The number of nitrogens with zero attached hydrogens (tertiary/aromatic N) is 5. The van der Waals surface area contributed by atoms with Crippen LogP contribution in [0.5, 0.6) is 0 Å². The third-order valence-corrected chi connectivity index (χ3v) is 5.05. The fourth-order valence-corrected chi connectivity index (χ4v) is 3.54. The molecule has 1 aliphatic rings. The second-order valence-corrected chi connectivity index (χ2v) is 7.27. The molecule has 0 saturated heterocycles. The molecule has 5 heteroatoms. The van der Waals surface area contributed by atoms with Crippen LogP contribution in [-0.4, -0.2) is 26.6 Å². The lowest BCUT2D eigenvalue weighted by atomic mass is 10.1. The highest BCUT2D eigenvalue weighted by Gasteiger charge is 2.31. The van der Waals surface area contributed by atoms with Gasteiger partial charge in [-0.25, -0.2) is 9.38 Å². The van der Waals surface area contributed by atoms with Crippen molar-refractivity contribution < 1.29 is 0 Å². The first-order chi connectivity index (χ1) is 12.7. The van der Waals surface area contributed by atoms with Crippen molar-refractivity contribution in [3.63, 3.8) is 0 Å². The van der Waals surface area contributed by atoms with Crippen LogP contribution in [0.2, 0.25) is 0 Å². The van der Waals surface area contributed by atoms with Crippen molar-refractivity contribution in [2.45, 2.75) is 32.2 Å². The molecule has 0 atom stereocenters. The Labute approximate surface area is 152 Å². The van der Waals surface area contributed by atoms with Gasteiger partial charge in [-0.1, -0.05) is 42.0 Å². The summed E-state index contributed by atoms with van der Waals surface area (Å²) in [6.45, 7) is 2.89. The van der Waals surface area contributed by atoms with E-state index in [9.17, 15) is 0 Å². The molecule has 5 nitrogen and oxygen atoms in total. The van der Waals surface area contributed by atoms with E-state index in [1.165, 1.54) is 24.0 Å². The number of fused-ring (bicyclic) bond motifs is 3. The molecule has 1 aliphatic carbocycles. The Morgan fingerprint density at radius 3 is 2.65 bits per heavy atom. The molecule has 130 valence electrons. The molecule has 2 heterocycles. The molecule has 1 fully saturated rings. The van der Waals surface area contributed by atoms with Crippen molar-refractivity contribution in [1.82, 2.24) is 19.6 Å². The van der Waals surface area contributed by atoms with Crippen molar-refractivity contribution in [3.05, 3.63) is 65.5 Å². The minimum atomic E-state index is 0.512. The predicted molar refractivity (Wildman–Crippen MR) is 104 cm³/mol. The van der Waals surface area contributed by atoms with Gasteiger partial charge in [0.1, 0.15) is 5.82 Å². The van der Waals surface area contributed by atoms with E-state index in [-0.39, 0.29) is 0 Å². The second kappa shape index (κ2) is 5.80. The van der Waals surface area contributed by atoms with Crippen LogP contribution in [0.4, 0.5) is 5.95 Å². The summed E-state index contributed by atoms with van der Waals surface area (Å²) in [5.74, 6) is 2.47. The Morgan fingerprint density at radius 2 is 1.88 bits per heavy atom. The summed E-state index contributed by atoms with van der Waals surface area (Å²) < 4.78 is 2.17. The molecule has 0 amide bonds. The maximum Gasteiger partial charge on any atom is 0.213 e. The molecular weight excluding hydrogens is 322 g/mol. The van der Waals surface area contributed by atoms with E-state index in [1.807, 2.05) is 6.07 Å². The summed E-state index contributed by atoms with van der Waals surface area (Å²) in [5, 5.41) is 10.1. The number of anilines is 1. The first-order valence-corrected chi connectivity index (χ1v) is 9.11. The number of benzene rings is 2. The highest BCUT2D eigenvalue weighted by atomic mass is 15.3. The molecular formula is C21H21N5. The van der Waals surface area contributed by atoms with Gasteiger partial charge in [0.05, 0.1) is 5.52 Å². The van der Waals surface area contributed by atoms with Crippen molar-refractivity contribution in [2.75, 3.05) is 11.9 Å². The van der Waals surface area contributed by atoms with E-state index < -0.39 is 0 Å². The number of hydrogen-bond acceptors (Lipinski definition) is 4. The molecule has 0 spiro atoms. The predicted octanol–water partition coefficient (Wildman–Crippen LogP) is 4.10. The van der Waals surface area contributed by atoms with Gasteiger partial charge in [0.2, 0.25) is 5.95 Å². The number of aryl methyl sites for hydroxylation is 1. The summed E-state index contributed by atoms with van der Waals surface area (Å²) >= 11 is 0. The van der Waals surface area contributed by atoms with Gasteiger partial charge in [0.15, 0.2) is 5.65 Å². The molecule has 2 aromatic carbocycles.